The average Bonchev–Trinajstić information content (AvgIpc) is 2.34. The molecule has 120 valence electrons. The maximum absolute atomic E-state index is 5.97. The first kappa shape index (κ1) is 18.0. The minimum atomic E-state index is 0.204. The third-order valence-corrected chi connectivity index (χ3v) is 3.60. The van der Waals surface area contributed by atoms with Crippen LogP contribution in [0, 0.1) is 11.3 Å². The Kier molecular flexibility index (Phi) is 6.73. The van der Waals surface area contributed by atoms with Crippen molar-refractivity contribution in [2.75, 3.05) is 7.05 Å². The normalized spacial score (nSPS) is 15.0. The highest BCUT2D eigenvalue weighted by molar-refractivity contribution is 5.36. The first-order valence-corrected chi connectivity index (χ1v) is 8.15. The van der Waals surface area contributed by atoms with Gasteiger partial charge in [0.2, 0.25) is 0 Å². The molecule has 0 fully saturated rings. The van der Waals surface area contributed by atoms with Crippen molar-refractivity contribution in [3.8, 4) is 5.75 Å². The van der Waals surface area contributed by atoms with Crippen LogP contribution in [0.25, 0.3) is 0 Å². The van der Waals surface area contributed by atoms with Crippen molar-refractivity contribution < 1.29 is 4.74 Å². The summed E-state index contributed by atoms with van der Waals surface area (Å²) in [6.45, 7) is 13.4. The highest BCUT2D eigenvalue weighted by Crippen LogP contribution is 2.33. The molecule has 0 saturated carbocycles. The predicted molar refractivity (Wildman–Crippen MR) is 91.9 cm³/mol. The molecule has 1 rings (SSSR count). The van der Waals surface area contributed by atoms with Crippen LogP contribution in [0.4, 0.5) is 0 Å². The van der Waals surface area contributed by atoms with Crippen LogP contribution in [0.5, 0.6) is 5.75 Å². The van der Waals surface area contributed by atoms with Crippen LogP contribution in [0.3, 0.4) is 0 Å². The number of para-hydroxylation sites is 1. The quantitative estimate of drug-likeness (QED) is 0.746. The lowest BCUT2D eigenvalue weighted by Crippen LogP contribution is -2.22. The maximum atomic E-state index is 5.97. The summed E-state index contributed by atoms with van der Waals surface area (Å²) in [6.07, 6.45) is 2.57. The maximum Gasteiger partial charge on any atom is 0.124 e. The molecule has 0 aliphatic heterocycles. The van der Waals surface area contributed by atoms with Crippen molar-refractivity contribution >= 4 is 0 Å². The second-order valence-corrected chi connectivity index (χ2v) is 7.65. The van der Waals surface area contributed by atoms with Gasteiger partial charge in [0.25, 0.3) is 0 Å². The van der Waals surface area contributed by atoms with E-state index in [1.165, 1.54) is 12.0 Å². The molecule has 0 aromatic heterocycles. The van der Waals surface area contributed by atoms with Gasteiger partial charge in [-0.15, -0.1) is 0 Å². The van der Waals surface area contributed by atoms with Crippen LogP contribution in [-0.4, -0.2) is 13.2 Å². The van der Waals surface area contributed by atoms with E-state index in [9.17, 15) is 0 Å². The molecule has 0 aliphatic rings. The Morgan fingerprint density at radius 3 is 2.24 bits per heavy atom. The predicted octanol–water partition coefficient (Wildman–Crippen LogP) is 5.20. The summed E-state index contributed by atoms with van der Waals surface area (Å²) in [4.78, 5) is 0. The van der Waals surface area contributed by atoms with Gasteiger partial charge in [-0.25, -0.2) is 0 Å². The number of nitrogens with one attached hydrogen (secondary N) is 1. The molecule has 1 aromatic rings. The largest absolute Gasteiger partial charge is 0.491 e. The summed E-state index contributed by atoms with van der Waals surface area (Å²) < 4.78 is 5.97. The van der Waals surface area contributed by atoms with Gasteiger partial charge in [0.1, 0.15) is 5.75 Å². The summed E-state index contributed by atoms with van der Waals surface area (Å²) >= 11 is 0. The van der Waals surface area contributed by atoms with E-state index in [4.69, 9.17) is 4.74 Å². The van der Waals surface area contributed by atoms with Crippen LogP contribution in [0.15, 0.2) is 24.3 Å². The van der Waals surface area contributed by atoms with E-state index in [0.717, 1.165) is 12.2 Å². The monoisotopic (exact) mass is 291 g/mol. The number of benzene rings is 1. The lowest BCUT2D eigenvalue weighted by Gasteiger charge is -2.28. The molecule has 2 nitrogen and oxygen atoms in total. The molecule has 0 bridgehead atoms. The fourth-order valence-electron chi connectivity index (χ4n) is 3.06. The highest BCUT2D eigenvalue weighted by Gasteiger charge is 2.21. The molecular formula is C19H33NO. The molecule has 1 aromatic carbocycles. The van der Waals surface area contributed by atoms with Gasteiger partial charge in [0.15, 0.2) is 0 Å². The van der Waals surface area contributed by atoms with E-state index in [-0.39, 0.29) is 6.10 Å². The van der Waals surface area contributed by atoms with Crippen molar-refractivity contribution in [1.82, 2.24) is 5.32 Å². The molecule has 1 N–H and O–H groups in total. The van der Waals surface area contributed by atoms with E-state index >= 15 is 0 Å². The Hall–Kier alpha value is -1.02. The van der Waals surface area contributed by atoms with Gasteiger partial charge >= 0.3 is 0 Å². The van der Waals surface area contributed by atoms with Crippen molar-refractivity contribution in [3.05, 3.63) is 29.8 Å². The molecule has 0 amide bonds. The molecule has 0 radical (unpaired) electrons. The third kappa shape index (κ3) is 6.52. The molecule has 2 heteroatoms. The Bertz CT molecular complexity index is 420. The summed E-state index contributed by atoms with van der Waals surface area (Å²) in [5, 5.41) is 3.47. The zero-order chi connectivity index (χ0) is 16.0. The van der Waals surface area contributed by atoms with Crippen LogP contribution in [-0.2, 0) is 0 Å². The molecule has 2 unspecified atom stereocenters. The molecule has 2 atom stereocenters. The summed E-state index contributed by atoms with van der Waals surface area (Å²) in [5.41, 5.74) is 1.65. The Labute approximate surface area is 131 Å². The van der Waals surface area contributed by atoms with Gasteiger partial charge in [-0.1, -0.05) is 45.9 Å². The number of hydrogen-bond donors (Lipinski definition) is 1. The Morgan fingerprint density at radius 1 is 1.10 bits per heavy atom. The summed E-state index contributed by atoms with van der Waals surface area (Å²) in [6, 6.07) is 8.75. The van der Waals surface area contributed by atoms with Crippen molar-refractivity contribution in [2.24, 2.45) is 11.3 Å². The van der Waals surface area contributed by atoms with Crippen LogP contribution in [0.2, 0.25) is 0 Å². The second-order valence-electron chi connectivity index (χ2n) is 7.65. The van der Waals surface area contributed by atoms with Gasteiger partial charge in [-0.05, 0) is 51.1 Å². The fraction of sp³-hybridized carbons (Fsp3) is 0.684. The van der Waals surface area contributed by atoms with E-state index < -0.39 is 0 Å². The zero-order valence-electron chi connectivity index (χ0n) is 14.9. The Morgan fingerprint density at radius 2 is 1.71 bits per heavy atom. The number of hydrogen-bond acceptors (Lipinski definition) is 2. The van der Waals surface area contributed by atoms with Crippen LogP contribution >= 0.6 is 0 Å². The standard InChI is InChI=1S/C19H33NO/c1-14(2)21-18-11-9-8-10-16(18)17(20-7)12-15(3)13-19(4,5)6/h8-11,14-15,17,20H,12-13H2,1-7H3. The molecule has 0 spiro atoms. The number of ether oxygens (including phenoxy) is 1. The van der Waals surface area contributed by atoms with Gasteiger partial charge in [-0.2, -0.15) is 0 Å². The van der Waals surface area contributed by atoms with E-state index in [1.807, 2.05) is 13.1 Å². The minimum absolute atomic E-state index is 0.204. The molecule has 0 heterocycles. The zero-order valence-corrected chi connectivity index (χ0v) is 14.9. The summed E-state index contributed by atoms with van der Waals surface area (Å²) in [5.74, 6) is 1.68. The first-order chi connectivity index (χ1) is 9.73. The van der Waals surface area contributed by atoms with Crippen LogP contribution in [0.1, 0.15) is 66.0 Å². The fourth-order valence-corrected chi connectivity index (χ4v) is 3.06. The van der Waals surface area contributed by atoms with Crippen molar-refractivity contribution in [3.63, 3.8) is 0 Å². The molecule has 21 heavy (non-hydrogen) atoms. The lowest BCUT2D eigenvalue weighted by molar-refractivity contribution is 0.234. The average molecular weight is 291 g/mol. The van der Waals surface area contributed by atoms with Gasteiger partial charge in [0, 0.05) is 11.6 Å². The minimum Gasteiger partial charge on any atom is -0.491 e. The SMILES string of the molecule is CNC(CC(C)CC(C)(C)C)c1ccccc1OC(C)C. The topological polar surface area (TPSA) is 21.3 Å². The van der Waals surface area contributed by atoms with E-state index in [0.29, 0.717) is 17.4 Å². The van der Waals surface area contributed by atoms with Gasteiger partial charge < -0.3 is 10.1 Å². The molecule has 0 saturated heterocycles. The van der Waals surface area contributed by atoms with E-state index in [2.05, 4.69) is 65.1 Å². The number of rotatable bonds is 7. The van der Waals surface area contributed by atoms with Crippen molar-refractivity contribution in [1.29, 1.82) is 0 Å². The molecular weight excluding hydrogens is 258 g/mol. The first-order valence-electron chi connectivity index (χ1n) is 8.15. The van der Waals surface area contributed by atoms with Crippen molar-refractivity contribution in [2.45, 2.75) is 66.5 Å². The Balaban J connectivity index is 2.85. The molecule has 0 aliphatic carbocycles. The van der Waals surface area contributed by atoms with Gasteiger partial charge in [-0.3, -0.25) is 0 Å². The van der Waals surface area contributed by atoms with Crippen LogP contribution < -0.4 is 10.1 Å². The third-order valence-electron chi connectivity index (χ3n) is 3.60. The van der Waals surface area contributed by atoms with Gasteiger partial charge in [0.05, 0.1) is 6.10 Å². The highest BCUT2D eigenvalue weighted by atomic mass is 16.5. The second kappa shape index (κ2) is 7.84. The lowest BCUT2D eigenvalue weighted by atomic mass is 9.82. The smallest absolute Gasteiger partial charge is 0.124 e. The summed E-state index contributed by atoms with van der Waals surface area (Å²) in [7, 11) is 2.04. The van der Waals surface area contributed by atoms with E-state index in [1.54, 1.807) is 0 Å².